The summed E-state index contributed by atoms with van der Waals surface area (Å²) in [6.07, 6.45) is 0. The van der Waals surface area contributed by atoms with E-state index in [0.29, 0.717) is 0 Å². The molecule has 278 valence electrons. The molecule has 0 atom stereocenters. The molecule has 11 rings (SSSR count). The van der Waals surface area contributed by atoms with Crippen molar-refractivity contribution in [3.8, 4) is 44.5 Å². The number of hydrogen-bond donors (Lipinski definition) is 0. The van der Waals surface area contributed by atoms with Gasteiger partial charge < -0.3 is 4.90 Å². The van der Waals surface area contributed by atoms with Crippen molar-refractivity contribution >= 4 is 38.6 Å². The number of rotatable bonds is 5. The van der Waals surface area contributed by atoms with Gasteiger partial charge in [-0.15, -0.1) is 0 Å². The maximum absolute atomic E-state index is 2.56. The predicted octanol–water partition coefficient (Wildman–Crippen LogP) is 15.7. The van der Waals surface area contributed by atoms with Crippen molar-refractivity contribution in [3.05, 3.63) is 210 Å². The minimum absolute atomic E-state index is 0.135. The molecule has 2 aliphatic carbocycles. The van der Waals surface area contributed by atoms with Crippen LogP contribution in [-0.4, -0.2) is 0 Å². The van der Waals surface area contributed by atoms with Gasteiger partial charge >= 0.3 is 0 Å². The summed E-state index contributed by atoms with van der Waals surface area (Å²) >= 11 is 0. The van der Waals surface area contributed by atoms with Crippen LogP contribution in [0.25, 0.3) is 66.1 Å². The second kappa shape index (κ2) is 12.7. The van der Waals surface area contributed by atoms with Crippen LogP contribution < -0.4 is 4.90 Å². The first-order chi connectivity index (χ1) is 28.2. The number of aryl methyl sites for hydroxylation is 1. The van der Waals surface area contributed by atoms with Crippen LogP contribution in [0.4, 0.5) is 17.1 Å². The van der Waals surface area contributed by atoms with E-state index in [4.69, 9.17) is 0 Å². The van der Waals surface area contributed by atoms with Crippen LogP contribution in [0.3, 0.4) is 0 Å². The van der Waals surface area contributed by atoms with Gasteiger partial charge in [0.2, 0.25) is 0 Å². The first-order valence-corrected chi connectivity index (χ1v) is 20.6. The fourth-order valence-electron chi connectivity index (χ4n) is 10.4. The summed E-state index contributed by atoms with van der Waals surface area (Å²) in [6, 6.07) is 68.3. The highest BCUT2D eigenvalue weighted by atomic mass is 15.1. The number of hydrogen-bond acceptors (Lipinski definition) is 1. The zero-order valence-corrected chi connectivity index (χ0v) is 33.8. The van der Waals surface area contributed by atoms with Crippen molar-refractivity contribution in [2.45, 2.75) is 45.4 Å². The summed E-state index contributed by atoms with van der Waals surface area (Å²) in [5.74, 6) is 0. The fourth-order valence-corrected chi connectivity index (χ4v) is 10.4. The molecule has 1 nitrogen and oxygen atoms in total. The Morgan fingerprint density at radius 3 is 1.52 bits per heavy atom. The van der Waals surface area contributed by atoms with Gasteiger partial charge in [0.15, 0.2) is 0 Å². The van der Waals surface area contributed by atoms with Gasteiger partial charge in [-0.25, -0.2) is 0 Å². The molecule has 58 heavy (non-hydrogen) atoms. The molecular weight excluding hydrogens is 699 g/mol. The van der Waals surface area contributed by atoms with Crippen molar-refractivity contribution in [1.29, 1.82) is 0 Å². The molecule has 0 unspecified atom stereocenters. The first-order valence-electron chi connectivity index (χ1n) is 20.6. The Hall–Kier alpha value is -6.70. The zero-order valence-electron chi connectivity index (χ0n) is 33.8. The molecule has 0 spiro atoms. The summed E-state index contributed by atoms with van der Waals surface area (Å²) in [4.78, 5) is 2.56. The Morgan fingerprint density at radius 1 is 0.345 bits per heavy atom. The molecule has 0 N–H and O–H groups in total. The van der Waals surface area contributed by atoms with Crippen LogP contribution in [0.5, 0.6) is 0 Å². The minimum atomic E-state index is -0.135. The smallest absolute Gasteiger partial charge is 0.0569 e. The van der Waals surface area contributed by atoms with Gasteiger partial charge in [-0.1, -0.05) is 167 Å². The quantitative estimate of drug-likeness (QED) is 0.170. The van der Waals surface area contributed by atoms with Gasteiger partial charge in [0.1, 0.15) is 0 Å². The van der Waals surface area contributed by atoms with E-state index < -0.39 is 0 Å². The first kappa shape index (κ1) is 34.5. The molecule has 0 saturated heterocycles. The van der Waals surface area contributed by atoms with E-state index in [9.17, 15) is 0 Å². The van der Waals surface area contributed by atoms with Crippen molar-refractivity contribution in [2.24, 2.45) is 0 Å². The second-order valence-corrected chi connectivity index (χ2v) is 17.4. The second-order valence-electron chi connectivity index (χ2n) is 17.4. The van der Waals surface area contributed by atoms with Crippen LogP contribution in [-0.2, 0) is 10.8 Å². The van der Waals surface area contributed by atoms with E-state index in [1.165, 1.54) is 99.6 Å². The molecule has 1 heteroatoms. The molecule has 0 bridgehead atoms. The van der Waals surface area contributed by atoms with Crippen LogP contribution in [0.15, 0.2) is 182 Å². The van der Waals surface area contributed by atoms with Gasteiger partial charge in [-0.2, -0.15) is 0 Å². The van der Waals surface area contributed by atoms with Crippen LogP contribution in [0.2, 0.25) is 0 Å². The average molecular weight is 744 g/mol. The Kier molecular flexibility index (Phi) is 7.53. The summed E-state index contributed by atoms with van der Waals surface area (Å²) in [5, 5.41) is 4.99. The molecule has 0 radical (unpaired) electrons. The monoisotopic (exact) mass is 743 g/mol. The molecule has 0 fully saturated rings. The maximum Gasteiger partial charge on any atom is 0.0569 e. The lowest BCUT2D eigenvalue weighted by Gasteiger charge is -2.32. The Morgan fingerprint density at radius 2 is 0.862 bits per heavy atom. The molecule has 2 aliphatic rings. The molecule has 9 aromatic carbocycles. The van der Waals surface area contributed by atoms with E-state index in [1.54, 1.807) is 0 Å². The summed E-state index contributed by atoms with van der Waals surface area (Å²) in [6.45, 7) is 11.8. The van der Waals surface area contributed by atoms with Gasteiger partial charge in [0, 0.05) is 27.8 Å². The fraction of sp³-hybridized carbons (Fsp3) is 0.123. The van der Waals surface area contributed by atoms with E-state index in [1.807, 2.05) is 0 Å². The standard InChI is InChI=1S/C57H45N/c1-36-31-41(45-22-14-18-38-16-8-9-19-44(38)45)33-50(40-26-25-37-15-6-7-17-39(37)32-40)55(36)58(42-27-29-48-46-20-10-12-23-51(46)56(2,3)53(48)34-42)43-28-30-49-47-21-11-13-24-52(47)57(4,5)54(49)35-43/h6-35H,1-5H3. The third-order valence-electron chi connectivity index (χ3n) is 13.3. The summed E-state index contributed by atoms with van der Waals surface area (Å²) < 4.78 is 0. The summed E-state index contributed by atoms with van der Waals surface area (Å²) in [5.41, 5.74) is 20.2. The van der Waals surface area contributed by atoms with E-state index in [2.05, 4.69) is 222 Å². The van der Waals surface area contributed by atoms with Crippen molar-refractivity contribution in [2.75, 3.05) is 4.90 Å². The third-order valence-corrected chi connectivity index (χ3v) is 13.3. The number of nitrogens with zero attached hydrogens (tertiary/aromatic N) is 1. The molecule has 0 aliphatic heterocycles. The molecule has 9 aromatic rings. The average Bonchev–Trinajstić information content (AvgIpc) is 3.63. The lowest BCUT2D eigenvalue weighted by atomic mass is 9.82. The maximum atomic E-state index is 2.56. The molecule has 0 amide bonds. The van der Waals surface area contributed by atoms with Crippen LogP contribution in [0.1, 0.15) is 55.5 Å². The lowest BCUT2D eigenvalue weighted by molar-refractivity contribution is 0.660. The Balaban J connectivity index is 1.20. The van der Waals surface area contributed by atoms with Gasteiger partial charge in [0.05, 0.1) is 5.69 Å². The minimum Gasteiger partial charge on any atom is -0.310 e. The van der Waals surface area contributed by atoms with Gasteiger partial charge in [0.25, 0.3) is 0 Å². The lowest BCUT2D eigenvalue weighted by Crippen LogP contribution is -2.18. The van der Waals surface area contributed by atoms with Crippen molar-refractivity contribution in [3.63, 3.8) is 0 Å². The topological polar surface area (TPSA) is 3.24 Å². The SMILES string of the molecule is Cc1cc(-c2cccc3ccccc23)cc(-c2ccc3ccccc3c2)c1N(c1ccc2c(c1)C(C)(C)c1ccccc1-2)c1ccc2c(c1)C(C)(C)c1ccccc1-2. The zero-order chi connectivity index (χ0) is 39.3. The van der Waals surface area contributed by atoms with Crippen molar-refractivity contribution < 1.29 is 0 Å². The van der Waals surface area contributed by atoms with Gasteiger partial charge in [-0.3, -0.25) is 0 Å². The molecule has 0 heterocycles. The number of fused-ring (bicyclic) bond motifs is 8. The number of benzene rings is 9. The summed E-state index contributed by atoms with van der Waals surface area (Å²) in [7, 11) is 0. The highest BCUT2D eigenvalue weighted by Gasteiger charge is 2.38. The van der Waals surface area contributed by atoms with E-state index in [-0.39, 0.29) is 10.8 Å². The van der Waals surface area contributed by atoms with Crippen LogP contribution in [0, 0.1) is 6.92 Å². The molecular formula is C57H45N. The largest absolute Gasteiger partial charge is 0.310 e. The van der Waals surface area contributed by atoms with Gasteiger partial charge in [-0.05, 0) is 138 Å². The predicted molar refractivity (Wildman–Crippen MR) is 247 cm³/mol. The normalized spacial score (nSPS) is 14.2. The highest BCUT2D eigenvalue weighted by Crippen LogP contribution is 2.54. The van der Waals surface area contributed by atoms with E-state index >= 15 is 0 Å². The molecule has 0 aromatic heterocycles. The Labute approximate surface area is 341 Å². The third kappa shape index (κ3) is 5.09. The van der Waals surface area contributed by atoms with E-state index in [0.717, 1.165) is 11.4 Å². The number of anilines is 3. The van der Waals surface area contributed by atoms with Crippen molar-refractivity contribution in [1.82, 2.24) is 0 Å². The Bertz CT molecular complexity index is 3030. The molecule has 0 saturated carbocycles. The highest BCUT2D eigenvalue weighted by molar-refractivity contribution is 6.01. The van der Waals surface area contributed by atoms with Crippen LogP contribution >= 0.6 is 0 Å².